The molecule has 3 nitrogen and oxygen atoms in total. The fourth-order valence-electron chi connectivity index (χ4n) is 4.92. The van der Waals surface area contributed by atoms with Gasteiger partial charge in [-0.1, -0.05) is 20.3 Å². The van der Waals surface area contributed by atoms with Crippen molar-refractivity contribution >= 4 is 18.3 Å². The zero-order chi connectivity index (χ0) is 15.0. The predicted molar refractivity (Wildman–Crippen MR) is 92.9 cm³/mol. The topological polar surface area (TPSA) is 55.1 Å². The number of fused-ring (bicyclic) bond motifs is 2. The van der Waals surface area contributed by atoms with Gasteiger partial charge in [-0.05, 0) is 68.1 Å². The summed E-state index contributed by atoms with van der Waals surface area (Å²) in [5.74, 6) is 2.47. The monoisotopic (exact) mass is 328 g/mol. The molecule has 0 radical (unpaired) electrons. The molecule has 0 aromatic rings. The smallest absolute Gasteiger partial charge is 0.223 e. The summed E-state index contributed by atoms with van der Waals surface area (Å²) >= 11 is 0. The van der Waals surface area contributed by atoms with Crippen molar-refractivity contribution < 1.29 is 4.79 Å². The first kappa shape index (κ1) is 18.1. The molecule has 2 unspecified atom stereocenters. The third-order valence-electron chi connectivity index (χ3n) is 6.22. The molecule has 128 valence electrons. The van der Waals surface area contributed by atoms with Gasteiger partial charge in [0, 0.05) is 18.5 Å². The summed E-state index contributed by atoms with van der Waals surface area (Å²) in [6.07, 6.45) is 9.69. The van der Waals surface area contributed by atoms with Gasteiger partial charge in [0.1, 0.15) is 0 Å². The molecule has 1 amide bonds. The highest BCUT2D eigenvalue weighted by Crippen LogP contribution is 2.50. The summed E-state index contributed by atoms with van der Waals surface area (Å²) in [6, 6.07) is 0.360. The van der Waals surface area contributed by atoms with Crippen LogP contribution in [0.25, 0.3) is 0 Å². The Balaban J connectivity index is 0.00000176. The number of halogens is 1. The Hall–Kier alpha value is -0.280. The van der Waals surface area contributed by atoms with Crippen LogP contribution in [-0.4, -0.2) is 18.5 Å². The average molecular weight is 329 g/mol. The molecule has 0 heterocycles. The number of carbonyl (C=O) groups excluding carboxylic acids is 1. The molecule has 3 N–H and O–H groups in total. The van der Waals surface area contributed by atoms with E-state index in [9.17, 15) is 4.79 Å². The first-order valence-electron chi connectivity index (χ1n) is 9.02. The molecular formula is C18H33ClN2O. The number of amides is 1. The second-order valence-electron chi connectivity index (χ2n) is 8.51. The van der Waals surface area contributed by atoms with Crippen molar-refractivity contribution in [3.8, 4) is 0 Å². The highest BCUT2D eigenvalue weighted by molar-refractivity contribution is 5.85. The van der Waals surface area contributed by atoms with E-state index in [4.69, 9.17) is 5.73 Å². The maximum Gasteiger partial charge on any atom is 0.223 e. The molecule has 0 spiro atoms. The Morgan fingerprint density at radius 3 is 2.32 bits per heavy atom. The average Bonchev–Trinajstić information content (AvgIpc) is 3.15. The molecule has 2 atom stereocenters. The summed E-state index contributed by atoms with van der Waals surface area (Å²) in [6.45, 7) is 5.47. The molecule has 3 aliphatic carbocycles. The van der Waals surface area contributed by atoms with Crippen LogP contribution >= 0.6 is 12.4 Å². The van der Waals surface area contributed by atoms with Crippen LogP contribution in [0.1, 0.15) is 65.2 Å². The molecule has 3 rings (SSSR count). The van der Waals surface area contributed by atoms with E-state index in [1.54, 1.807) is 0 Å². The van der Waals surface area contributed by atoms with E-state index in [0.717, 1.165) is 25.3 Å². The van der Waals surface area contributed by atoms with Gasteiger partial charge in [-0.3, -0.25) is 4.79 Å². The SMILES string of the molecule is CC(C)CC1(CNC(=O)C2CC3CCCC(C2)C3N)CC1.Cl. The molecule has 0 aromatic heterocycles. The minimum Gasteiger partial charge on any atom is -0.355 e. The summed E-state index contributed by atoms with van der Waals surface area (Å²) in [5.41, 5.74) is 6.76. The highest BCUT2D eigenvalue weighted by atomic mass is 35.5. The van der Waals surface area contributed by atoms with E-state index in [1.165, 1.54) is 38.5 Å². The lowest BCUT2D eigenvalue weighted by Gasteiger charge is -2.43. The molecule has 0 aromatic carbocycles. The van der Waals surface area contributed by atoms with Crippen LogP contribution in [0.5, 0.6) is 0 Å². The summed E-state index contributed by atoms with van der Waals surface area (Å²) in [7, 11) is 0. The van der Waals surface area contributed by atoms with Crippen molar-refractivity contribution in [1.29, 1.82) is 0 Å². The maximum absolute atomic E-state index is 12.5. The van der Waals surface area contributed by atoms with Crippen LogP contribution in [0.4, 0.5) is 0 Å². The van der Waals surface area contributed by atoms with Gasteiger partial charge in [0.25, 0.3) is 0 Å². The second-order valence-corrected chi connectivity index (χ2v) is 8.51. The lowest BCUT2D eigenvalue weighted by molar-refractivity contribution is -0.128. The van der Waals surface area contributed by atoms with Crippen LogP contribution in [0.15, 0.2) is 0 Å². The van der Waals surface area contributed by atoms with Crippen molar-refractivity contribution in [2.24, 2.45) is 34.8 Å². The van der Waals surface area contributed by atoms with Gasteiger partial charge >= 0.3 is 0 Å². The van der Waals surface area contributed by atoms with Gasteiger partial charge in [0.05, 0.1) is 0 Å². The Morgan fingerprint density at radius 2 is 1.82 bits per heavy atom. The van der Waals surface area contributed by atoms with Gasteiger partial charge in [-0.2, -0.15) is 0 Å². The molecule has 0 aliphatic heterocycles. The third kappa shape index (κ3) is 3.97. The van der Waals surface area contributed by atoms with Crippen LogP contribution in [0, 0.1) is 29.1 Å². The highest BCUT2D eigenvalue weighted by Gasteiger charge is 2.44. The van der Waals surface area contributed by atoms with E-state index in [1.807, 2.05) is 0 Å². The van der Waals surface area contributed by atoms with Crippen molar-refractivity contribution in [3.63, 3.8) is 0 Å². The number of hydrogen-bond donors (Lipinski definition) is 2. The summed E-state index contributed by atoms with van der Waals surface area (Å²) in [5, 5.41) is 3.28. The van der Waals surface area contributed by atoms with E-state index < -0.39 is 0 Å². The van der Waals surface area contributed by atoms with E-state index in [0.29, 0.717) is 29.2 Å². The van der Waals surface area contributed by atoms with E-state index >= 15 is 0 Å². The molecule has 0 saturated heterocycles. The standard InChI is InChI=1S/C18H32N2O.ClH/c1-12(2)10-18(6-7-18)11-20-17(21)15-8-13-4-3-5-14(9-15)16(13)19;/h12-16H,3-11,19H2,1-2H3,(H,20,21);1H. The normalized spacial score (nSPS) is 35.6. The van der Waals surface area contributed by atoms with E-state index in [-0.39, 0.29) is 18.3 Å². The number of nitrogens with two attached hydrogens (primary N) is 1. The lowest BCUT2D eigenvalue weighted by Crippen LogP contribution is -2.49. The van der Waals surface area contributed by atoms with Crippen molar-refractivity contribution in [2.45, 2.75) is 71.3 Å². The quantitative estimate of drug-likeness (QED) is 0.811. The molecule has 3 aliphatic rings. The molecule has 4 heteroatoms. The summed E-state index contributed by atoms with van der Waals surface area (Å²) < 4.78 is 0. The largest absolute Gasteiger partial charge is 0.355 e. The lowest BCUT2D eigenvalue weighted by atomic mass is 9.65. The van der Waals surface area contributed by atoms with Crippen LogP contribution in [0.2, 0.25) is 0 Å². The Labute approximate surface area is 141 Å². The number of rotatable bonds is 5. The maximum atomic E-state index is 12.5. The first-order valence-corrected chi connectivity index (χ1v) is 9.02. The molecule has 22 heavy (non-hydrogen) atoms. The molecule has 3 fully saturated rings. The van der Waals surface area contributed by atoms with Gasteiger partial charge in [0.2, 0.25) is 5.91 Å². The Kier molecular flexibility index (Phi) is 5.82. The number of nitrogens with one attached hydrogen (secondary N) is 1. The van der Waals surface area contributed by atoms with E-state index in [2.05, 4.69) is 19.2 Å². The molecule has 2 bridgehead atoms. The van der Waals surface area contributed by atoms with Crippen molar-refractivity contribution in [2.75, 3.05) is 6.54 Å². The zero-order valence-corrected chi connectivity index (χ0v) is 15.0. The third-order valence-corrected chi connectivity index (χ3v) is 6.22. The van der Waals surface area contributed by atoms with Gasteiger partial charge in [0.15, 0.2) is 0 Å². The zero-order valence-electron chi connectivity index (χ0n) is 14.1. The van der Waals surface area contributed by atoms with Gasteiger partial charge < -0.3 is 11.1 Å². The predicted octanol–water partition coefficient (Wildman–Crippen LogP) is 3.50. The first-order chi connectivity index (χ1) is 9.99. The minimum atomic E-state index is 0. The fraction of sp³-hybridized carbons (Fsp3) is 0.944. The van der Waals surface area contributed by atoms with Gasteiger partial charge in [-0.15, -0.1) is 12.4 Å². The molecule has 3 saturated carbocycles. The van der Waals surface area contributed by atoms with Crippen LogP contribution < -0.4 is 11.1 Å². The minimum absolute atomic E-state index is 0. The van der Waals surface area contributed by atoms with Gasteiger partial charge in [-0.25, -0.2) is 0 Å². The Morgan fingerprint density at radius 1 is 1.23 bits per heavy atom. The summed E-state index contributed by atoms with van der Waals surface area (Å²) in [4.78, 5) is 12.5. The van der Waals surface area contributed by atoms with Crippen molar-refractivity contribution in [1.82, 2.24) is 5.32 Å². The number of carbonyl (C=O) groups is 1. The van der Waals surface area contributed by atoms with Crippen LogP contribution in [-0.2, 0) is 4.79 Å². The Bertz CT molecular complexity index is 381. The van der Waals surface area contributed by atoms with Crippen LogP contribution in [0.3, 0.4) is 0 Å². The van der Waals surface area contributed by atoms with Crippen molar-refractivity contribution in [3.05, 3.63) is 0 Å². The fourth-order valence-corrected chi connectivity index (χ4v) is 4.92. The number of hydrogen-bond acceptors (Lipinski definition) is 2. The second kappa shape index (κ2) is 7.09. The molecular weight excluding hydrogens is 296 g/mol.